The third-order valence-electron chi connectivity index (χ3n) is 3.66. The van der Waals surface area contributed by atoms with Crippen molar-refractivity contribution in [3.05, 3.63) is 0 Å². The van der Waals surface area contributed by atoms with Gasteiger partial charge < -0.3 is 9.84 Å². The number of methoxy groups -OCH3 is 1. The normalized spacial score (nSPS) is 32.0. The van der Waals surface area contributed by atoms with E-state index in [0.717, 1.165) is 0 Å². The molecule has 1 N–H and O–H groups in total. The fourth-order valence-electron chi connectivity index (χ4n) is 2.16. The van der Waals surface area contributed by atoms with Crippen LogP contribution in [0.2, 0.25) is 0 Å². The molecule has 1 aliphatic rings. The van der Waals surface area contributed by atoms with Crippen LogP contribution in [0.25, 0.3) is 0 Å². The molecular formula is C10H18O5S. The molecule has 0 aromatic rings. The molecule has 0 bridgehead atoms. The molecule has 1 heterocycles. The van der Waals surface area contributed by atoms with E-state index in [0.29, 0.717) is 6.42 Å². The van der Waals surface area contributed by atoms with Crippen LogP contribution >= 0.6 is 0 Å². The van der Waals surface area contributed by atoms with Crippen molar-refractivity contribution in [2.75, 3.05) is 18.6 Å². The first kappa shape index (κ1) is 13.4. The summed E-state index contributed by atoms with van der Waals surface area (Å²) in [4.78, 5) is 11.7. The van der Waals surface area contributed by atoms with E-state index in [9.17, 15) is 18.3 Å². The minimum Gasteiger partial charge on any atom is -0.469 e. The Labute approximate surface area is 95.7 Å². The highest BCUT2D eigenvalue weighted by molar-refractivity contribution is 7.91. The van der Waals surface area contributed by atoms with Crippen molar-refractivity contribution in [3.8, 4) is 0 Å². The molecule has 2 atom stereocenters. The zero-order chi connectivity index (χ0) is 12.6. The SMILES string of the molecule is CCC(C)(C(=O)OC)C1(O)CCS(=O)(=O)C1. The largest absolute Gasteiger partial charge is 0.469 e. The highest BCUT2D eigenvalue weighted by Crippen LogP contribution is 2.43. The summed E-state index contributed by atoms with van der Waals surface area (Å²) in [7, 11) is -2.01. The zero-order valence-electron chi connectivity index (χ0n) is 9.82. The topological polar surface area (TPSA) is 80.7 Å². The Hall–Kier alpha value is -0.620. The molecule has 5 nitrogen and oxygen atoms in total. The second-order valence-corrected chi connectivity index (χ2v) is 6.73. The fourth-order valence-corrected chi connectivity index (χ4v) is 4.14. The summed E-state index contributed by atoms with van der Waals surface area (Å²) in [6, 6.07) is 0. The van der Waals surface area contributed by atoms with Gasteiger partial charge in [0, 0.05) is 0 Å². The number of ether oxygens (including phenoxy) is 1. The molecule has 0 radical (unpaired) electrons. The van der Waals surface area contributed by atoms with Gasteiger partial charge in [-0.2, -0.15) is 0 Å². The highest BCUT2D eigenvalue weighted by atomic mass is 32.2. The Morgan fingerprint density at radius 2 is 2.12 bits per heavy atom. The van der Waals surface area contributed by atoms with E-state index in [-0.39, 0.29) is 17.9 Å². The van der Waals surface area contributed by atoms with Crippen LogP contribution in [-0.2, 0) is 19.4 Å². The van der Waals surface area contributed by atoms with Gasteiger partial charge in [0.1, 0.15) is 0 Å². The van der Waals surface area contributed by atoms with Gasteiger partial charge >= 0.3 is 5.97 Å². The number of aliphatic hydroxyl groups is 1. The van der Waals surface area contributed by atoms with Crippen LogP contribution < -0.4 is 0 Å². The van der Waals surface area contributed by atoms with Gasteiger partial charge in [0.05, 0.1) is 29.6 Å². The van der Waals surface area contributed by atoms with Gasteiger partial charge in [-0.05, 0) is 19.8 Å². The molecule has 0 saturated carbocycles. The number of rotatable bonds is 3. The zero-order valence-corrected chi connectivity index (χ0v) is 10.6. The van der Waals surface area contributed by atoms with Crippen LogP contribution in [0.1, 0.15) is 26.7 Å². The van der Waals surface area contributed by atoms with Crippen LogP contribution in [0.5, 0.6) is 0 Å². The second kappa shape index (κ2) is 4.00. The Morgan fingerprint density at radius 3 is 2.44 bits per heavy atom. The fraction of sp³-hybridized carbons (Fsp3) is 0.900. The molecule has 2 unspecified atom stereocenters. The van der Waals surface area contributed by atoms with Gasteiger partial charge in [0.2, 0.25) is 0 Å². The quantitative estimate of drug-likeness (QED) is 0.720. The minimum atomic E-state index is -3.25. The van der Waals surface area contributed by atoms with Crippen molar-refractivity contribution in [3.63, 3.8) is 0 Å². The summed E-state index contributed by atoms with van der Waals surface area (Å²) in [5, 5.41) is 10.4. The van der Waals surface area contributed by atoms with Gasteiger partial charge in [-0.3, -0.25) is 4.79 Å². The van der Waals surface area contributed by atoms with E-state index in [1.54, 1.807) is 13.8 Å². The van der Waals surface area contributed by atoms with E-state index >= 15 is 0 Å². The maximum Gasteiger partial charge on any atom is 0.314 e. The first-order valence-electron chi connectivity index (χ1n) is 5.22. The van der Waals surface area contributed by atoms with Crippen molar-refractivity contribution in [2.45, 2.75) is 32.3 Å². The lowest BCUT2D eigenvalue weighted by molar-refractivity contribution is -0.168. The molecule has 6 heteroatoms. The summed E-state index contributed by atoms with van der Waals surface area (Å²) >= 11 is 0. The molecule has 1 saturated heterocycles. The maximum absolute atomic E-state index is 11.7. The molecule has 16 heavy (non-hydrogen) atoms. The lowest BCUT2D eigenvalue weighted by atomic mass is 9.71. The van der Waals surface area contributed by atoms with Gasteiger partial charge in [0.25, 0.3) is 0 Å². The molecule has 1 aliphatic heterocycles. The lowest BCUT2D eigenvalue weighted by Gasteiger charge is -2.38. The first-order chi connectivity index (χ1) is 7.21. The monoisotopic (exact) mass is 250 g/mol. The smallest absolute Gasteiger partial charge is 0.314 e. The van der Waals surface area contributed by atoms with Crippen LogP contribution in [0.3, 0.4) is 0 Å². The molecule has 0 spiro atoms. The molecule has 1 fully saturated rings. The van der Waals surface area contributed by atoms with E-state index in [1.165, 1.54) is 7.11 Å². The summed E-state index contributed by atoms with van der Waals surface area (Å²) in [6.07, 6.45) is 0.431. The number of carbonyl (C=O) groups is 1. The average molecular weight is 250 g/mol. The molecule has 0 aromatic carbocycles. The second-order valence-electron chi connectivity index (χ2n) is 4.55. The maximum atomic E-state index is 11.7. The highest BCUT2D eigenvalue weighted by Gasteiger charge is 2.57. The van der Waals surface area contributed by atoms with Gasteiger partial charge in [0.15, 0.2) is 9.84 Å². The van der Waals surface area contributed by atoms with Crippen molar-refractivity contribution < 1.29 is 23.1 Å². The predicted molar refractivity (Wildman–Crippen MR) is 58.6 cm³/mol. The molecular weight excluding hydrogens is 232 g/mol. The Balaban J connectivity index is 3.11. The minimum absolute atomic E-state index is 0.0733. The molecule has 0 aliphatic carbocycles. The molecule has 1 rings (SSSR count). The number of esters is 1. The van der Waals surface area contributed by atoms with Crippen molar-refractivity contribution in [1.82, 2.24) is 0 Å². The Kier molecular flexibility index (Phi) is 3.36. The van der Waals surface area contributed by atoms with Crippen LogP contribution in [0, 0.1) is 5.41 Å². The van der Waals surface area contributed by atoms with Crippen molar-refractivity contribution in [2.24, 2.45) is 5.41 Å². The molecule has 94 valence electrons. The first-order valence-corrected chi connectivity index (χ1v) is 7.04. The van der Waals surface area contributed by atoms with Gasteiger partial charge in [-0.15, -0.1) is 0 Å². The summed E-state index contributed by atoms with van der Waals surface area (Å²) < 4.78 is 27.5. The van der Waals surface area contributed by atoms with Gasteiger partial charge in [-0.1, -0.05) is 6.92 Å². The summed E-state index contributed by atoms with van der Waals surface area (Å²) in [6.45, 7) is 3.29. The van der Waals surface area contributed by atoms with Gasteiger partial charge in [-0.25, -0.2) is 8.42 Å². The average Bonchev–Trinajstić information content (AvgIpc) is 2.51. The number of carbonyl (C=O) groups excluding carboxylic acids is 1. The van der Waals surface area contributed by atoms with Crippen LogP contribution in [0.4, 0.5) is 0 Å². The van der Waals surface area contributed by atoms with E-state index in [1.807, 2.05) is 0 Å². The van der Waals surface area contributed by atoms with Crippen molar-refractivity contribution in [1.29, 1.82) is 0 Å². The number of hydrogen-bond donors (Lipinski definition) is 1. The van der Waals surface area contributed by atoms with Crippen LogP contribution in [-0.4, -0.2) is 43.7 Å². The Bertz CT molecular complexity index is 388. The standard InChI is InChI=1S/C10H18O5S/c1-4-9(2,8(11)15-3)10(12)5-6-16(13,14)7-10/h12H,4-7H2,1-3H3. The summed E-state index contributed by atoms with van der Waals surface area (Å²) in [5.74, 6) is -0.996. The number of hydrogen-bond acceptors (Lipinski definition) is 5. The lowest BCUT2D eigenvalue weighted by Crippen LogP contribution is -2.52. The molecule has 0 aromatic heterocycles. The summed E-state index contributed by atoms with van der Waals surface area (Å²) in [5.41, 5.74) is -2.67. The van der Waals surface area contributed by atoms with Crippen LogP contribution in [0.15, 0.2) is 0 Å². The number of sulfone groups is 1. The predicted octanol–water partition coefficient (Wildman–Crippen LogP) is 0.125. The third kappa shape index (κ3) is 1.96. The van der Waals surface area contributed by atoms with E-state index in [2.05, 4.69) is 4.74 Å². The van der Waals surface area contributed by atoms with E-state index < -0.39 is 26.8 Å². The molecule has 0 amide bonds. The Morgan fingerprint density at radius 1 is 1.56 bits per heavy atom. The third-order valence-corrected chi connectivity index (χ3v) is 5.40. The van der Waals surface area contributed by atoms with Crippen molar-refractivity contribution >= 4 is 15.8 Å². The van der Waals surface area contributed by atoms with E-state index in [4.69, 9.17) is 0 Å².